The van der Waals surface area contributed by atoms with E-state index < -0.39 is 0 Å². The summed E-state index contributed by atoms with van der Waals surface area (Å²) in [6.45, 7) is 2.69. The lowest BCUT2D eigenvalue weighted by Crippen LogP contribution is -2.21. The minimum atomic E-state index is -0.383. The number of benzene rings is 1. The van der Waals surface area contributed by atoms with Crippen molar-refractivity contribution >= 4 is 0 Å². The fourth-order valence-corrected chi connectivity index (χ4v) is 1.99. The van der Waals surface area contributed by atoms with Crippen LogP contribution >= 0.6 is 0 Å². The molecule has 3 N–H and O–H groups in total. The van der Waals surface area contributed by atoms with Crippen molar-refractivity contribution in [2.45, 2.75) is 25.8 Å². The second-order valence-corrected chi connectivity index (χ2v) is 4.52. The molecular weight excluding hydrogens is 245 g/mol. The van der Waals surface area contributed by atoms with Crippen LogP contribution in [0.2, 0.25) is 0 Å². The van der Waals surface area contributed by atoms with Gasteiger partial charge < -0.3 is 15.4 Å². The van der Waals surface area contributed by atoms with E-state index in [1.54, 1.807) is 18.5 Å². The minimum Gasteiger partial charge on any atom is -0.508 e. The number of nitrogens with zero attached hydrogens (tertiary/aromatic N) is 1. The van der Waals surface area contributed by atoms with Gasteiger partial charge in [-0.1, -0.05) is 6.07 Å². The Balaban J connectivity index is 1.79. The molecule has 4 nitrogen and oxygen atoms in total. The molecule has 1 heterocycles. The zero-order chi connectivity index (χ0) is 13.7. The van der Waals surface area contributed by atoms with Crippen molar-refractivity contribution in [1.82, 2.24) is 15.3 Å². The van der Waals surface area contributed by atoms with Gasteiger partial charge in [-0.25, -0.2) is 9.37 Å². The Bertz CT molecular complexity index is 513. The summed E-state index contributed by atoms with van der Waals surface area (Å²) < 4.78 is 13.6. The maximum Gasteiger partial charge on any atom is 0.131 e. The first-order valence-electron chi connectivity index (χ1n) is 6.37. The summed E-state index contributed by atoms with van der Waals surface area (Å²) in [5.41, 5.74) is 0.566. The van der Waals surface area contributed by atoms with Gasteiger partial charge in [0.15, 0.2) is 0 Å². The third-order valence-electron chi connectivity index (χ3n) is 3.05. The Kier molecular flexibility index (Phi) is 4.52. The molecule has 0 saturated heterocycles. The number of halogens is 1. The molecule has 5 heteroatoms. The highest BCUT2D eigenvalue weighted by Crippen LogP contribution is 2.20. The van der Waals surface area contributed by atoms with E-state index in [-0.39, 0.29) is 17.6 Å². The molecule has 1 aromatic heterocycles. The number of phenolic OH excluding ortho intramolecular Hbond substituents is 1. The van der Waals surface area contributed by atoms with Crippen molar-refractivity contribution in [3.8, 4) is 5.75 Å². The van der Waals surface area contributed by atoms with Crippen LogP contribution in [0.15, 0.2) is 30.6 Å². The first kappa shape index (κ1) is 13.5. The first-order chi connectivity index (χ1) is 9.16. The smallest absolute Gasteiger partial charge is 0.131 e. The van der Waals surface area contributed by atoms with E-state index in [4.69, 9.17) is 5.11 Å². The highest BCUT2D eigenvalue weighted by Gasteiger charge is 2.10. The van der Waals surface area contributed by atoms with Crippen LogP contribution in [0.1, 0.15) is 30.8 Å². The average molecular weight is 263 g/mol. The second-order valence-electron chi connectivity index (χ2n) is 4.52. The lowest BCUT2D eigenvalue weighted by molar-refractivity contribution is 0.463. The number of aromatic amines is 1. The van der Waals surface area contributed by atoms with Gasteiger partial charge in [0.1, 0.15) is 17.4 Å². The van der Waals surface area contributed by atoms with Crippen molar-refractivity contribution in [1.29, 1.82) is 0 Å². The zero-order valence-corrected chi connectivity index (χ0v) is 10.9. The molecule has 0 aliphatic heterocycles. The fraction of sp³-hybridized carbons (Fsp3) is 0.357. The van der Waals surface area contributed by atoms with E-state index in [9.17, 15) is 4.39 Å². The van der Waals surface area contributed by atoms with Crippen LogP contribution in [-0.2, 0) is 6.42 Å². The Hall–Kier alpha value is -1.88. The van der Waals surface area contributed by atoms with Gasteiger partial charge in [-0.05, 0) is 26.0 Å². The highest BCUT2D eigenvalue weighted by atomic mass is 19.1. The zero-order valence-electron chi connectivity index (χ0n) is 10.9. The summed E-state index contributed by atoms with van der Waals surface area (Å²) in [4.78, 5) is 7.19. The second kappa shape index (κ2) is 6.33. The molecule has 19 heavy (non-hydrogen) atoms. The summed E-state index contributed by atoms with van der Waals surface area (Å²) in [6, 6.07) is 4.15. The van der Waals surface area contributed by atoms with E-state index in [2.05, 4.69) is 15.3 Å². The lowest BCUT2D eigenvalue weighted by atomic mass is 10.1. The largest absolute Gasteiger partial charge is 0.508 e. The predicted octanol–water partition coefficient (Wildman–Crippen LogP) is 2.54. The van der Waals surface area contributed by atoms with Gasteiger partial charge in [0, 0.05) is 36.5 Å². The van der Waals surface area contributed by atoms with Crippen LogP contribution in [0.25, 0.3) is 0 Å². The van der Waals surface area contributed by atoms with Crippen molar-refractivity contribution in [2.75, 3.05) is 6.54 Å². The number of imidazole rings is 1. The van der Waals surface area contributed by atoms with Gasteiger partial charge in [-0.2, -0.15) is 0 Å². The number of aromatic nitrogens is 2. The molecule has 2 aromatic rings. The summed E-state index contributed by atoms with van der Waals surface area (Å²) in [7, 11) is 0. The van der Waals surface area contributed by atoms with Crippen molar-refractivity contribution in [3.63, 3.8) is 0 Å². The molecule has 1 unspecified atom stereocenters. The Morgan fingerprint density at radius 1 is 1.47 bits per heavy atom. The molecule has 0 aliphatic rings. The molecule has 0 saturated carbocycles. The van der Waals surface area contributed by atoms with Crippen molar-refractivity contribution < 1.29 is 9.50 Å². The maximum atomic E-state index is 13.6. The molecule has 102 valence electrons. The lowest BCUT2D eigenvalue weighted by Gasteiger charge is -2.15. The van der Waals surface area contributed by atoms with Crippen molar-refractivity contribution in [2.24, 2.45) is 0 Å². The standard InChI is InChI=1S/C14H18FN3O/c1-10(12-5-4-11(19)9-13(12)15)16-6-2-3-14-17-7-8-18-14/h4-5,7-10,16,19H,2-3,6H2,1H3,(H,17,18). The predicted molar refractivity (Wildman–Crippen MR) is 71.4 cm³/mol. The van der Waals surface area contributed by atoms with Gasteiger partial charge in [0.25, 0.3) is 0 Å². The van der Waals surface area contributed by atoms with E-state index >= 15 is 0 Å². The van der Waals surface area contributed by atoms with Gasteiger partial charge in [-0.3, -0.25) is 0 Å². The fourth-order valence-electron chi connectivity index (χ4n) is 1.99. The number of rotatable bonds is 6. The Morgan fingerprint density at radius 2 is 2.32 bits per heavy atom. The number of nitrogens with one attached hydrogen (secondary N) is 2. The maximum absolute atomic E-state index is 13.6. The van der Waals surface area contributed by atoms with Crippen LogP contribution in [0, 0.1) is 5.82 Å². The van der Waals surface area contributed by atoms with Gasteiger partial charge in [-0.15, -0.1) is 0 Å². The topological polar surface area (TPSA) is 60.9 Å². The summed E-state index contributed by atoms with van der Waals surface area (Å²) >= 11 is 0. The van der Waals surface area contributed by atoms with E-state index in [1.807, 2.05) is 6.92 Å². The molecular formula is C14H18FN3O. The number of H-pyrrole nitrogens is 1. The average Bonchev–Trinajstić information content (AvgIpc) is 2.87. The quantitative estimate of drug-likeness (QED) is 0.702. The van der Waals surface area contributed by atoms with Gasteiger partial charge >= 0.3 is 0 Å². The third-order valence-corrected chi connectivity index (χ3v) is 3.05. The molecule has 0 amide bonds. The van der Waals surface area contributed by atoms with Crippen molar-refractivity contribution in [3.05, 3.63) is 47.8 Å². The highest BCUT2D eigenvalue weighted by molar-refractivity contribution is 5.29. The molecule has 0 spiro atoms. The van der Waals surface area contributed by atoms with Crippen LogP contribution in [0.5, 0.6) is 5.75 Å². The Labute approximate surface area is 111 Å². The molecule has 1 atom stereocenters. The van der Waals surface area contributed by atoms with Crippen LogP contribution in [0.4, 0.5) is 4.39 Å². The number of phenols is 1. The third kappa shape index (κ3) is 3.79. The van der Waals surface area contributed by atoms with Crippen LogP contribution in [0.3, 0.4) is 0 Å². The first-order valence-corrected chi connectivity index (χ1v) is 6.37. The SMILES string of the molecule is CC(NCCCc1ncc[nH]1)c1ccc(O)cc1F. The number of aromatic hydroxyl groups is 1. The summed E-state index contributed by atoms with van der Waals surface area (Å²) in [5.74, 6) is 0.530. The van der Waals surface area contributed by atoms with E-state index in [0.29, 0.717) is 5.56 Å². The van der Waals surface area contributed by atoms with E-state index in [1.165, 1.54) is 6.07 Å². The van der Waals surface area contributed by atoms with Gasteiger partial charge in [0.05, 0.1) is 0 Å². The number of hydrogen-bond acceptors (Lipinski definition) is 3. The molecule has 2 rings (SSSR count). The van der Waals surface area contributed by atoms with Crippen LogP contribution < -0.4 is 5.32 Å². The molecule has 0 radical (unpaired) electrons. The molecule has 0 fully saturated rings. The summed E-state index contributed by atoms with van der Waals surface area (Å²) in [6.07, 6.45) is 5.33. The van der Waals surface area contributed by atoms with E-state index in [0.717, 1.165) is 31.3 Å². The van der Waals surface area contributed by atoms with Gasteiger partial charge in [0.2, 0.25) is 0 Å². The Morgan fingerprint density at radius 3 is 3.00 bits per heavy atom. The number of hydrogen-bond donors (Lipinski definition) is 3. The molecule has 1 aromatic carbocycles. The number of aryl methyl sites for hydroxylation is 1. The monoisotopic (exact) mass is 263 g/mol. The van der Waals surface area contributed by atoms with Crippen LogP contribution in [-0.4, -0.2) is 21.6 Å². The molecule has 0 aliphatic carbocycles. The molecule has 0 bridgehead atoms. The normalized spacial score (nSPS) is 12.5. The summed E-state index contributed by atoms with van der Waals surface area (Å²) in [5, 5.41) is 12.4. The minimum absolute atomic E-state index is 0.0498.